The molecule has 1 atom stereocenters. The Hall–Kier alpha value is -8.05. The molecule has 5 aromatic rings. The van der Waals surface area contributed by atoms with Crippen LogP contribution >= 0.6 is 0 Å². The largest absolute Gasteiger partial charge is 0.493 e. The molecular formula is C52H49N6O11-. The number of hydrogen-bond acceptors (Lipinski definition) is 14. The predicted octanol–water partition coefficient (Wildman–Crippen LogP) is 7.01. The first-order chi connectivity index (χ1) is 33.5. The highest BCUT2D eigenvalue weighted by Gasteiger charge is 2.37. The summed E-state index contributed by atoms with van der Waals surface area (Å²) in [4.78, 5) is 83.0. The lowest BCUT2D eigenvalue weighted by Crippen LogP contribution is -2.37. The van der Waals surface area contributed by atoms with Gasteiger partial charge in [-0.15, -0.1) is 5.06 Å². The van der Waals surface area contributed by atoms with E-state index in [4.69, 9.17) is 40.2 Å². The highest BCUT2D eigenvalue weighted by atomic mass is 16.7. The van der Waals surface area contributed by atoms with Gasteiger partial charge in [0.1, 0.15) is 19.0 Å². The number of carbonyl (C=O) groups is 5. The van der Waals surface area contributed by atoms with Gasteiger partial charge in [-0.3, -0.25) is 29.1 Å². The summed E-state index contributed by atoms with van der Waals surface area (Å²) >= 11 is 0. The second-order valence-electron chi connectivity index (χ2n) is 16.8. The molecule has 1 saturated heterocycles. The smallest absolute Gasteiger partial charge is 0.335 e. The number of imide groups is 1. The van der Waals surface area contributed by atoms with E-state index >= 15 is 0 Å². The number of ether oxygens (including phenoxy) is 5. The fourth-order valence-electron chi connectivity index (χ4n) is 8.83. The third-order valence-electron chi connectivity index (χ3n) is 12.4. The summed E-state index contributed by atoms with van der Waals surface area (Å²) in [5.74, 6) is -0.897. The van der Waals surface area contributed by atoms with Crippen molar-refractivity contribution in [1.82, 2.24) is 5.06 Å². The van der Waals surface area contributed by atoms with E-state index in [9.17, 15) is 24.0 Å². The van der Waals surface area contributed by atoms with Crippen molar-refractivity contribution < 1.29 is 52.5 Å². The Bertz CT molecular complexity index is 2880. The molecule has 0 N–H and O–H groups in total. The molecule has 0 bridgehead atoms. The zero-order valence-corrected chi connectivity index (χ0v) is 38.3. The molecule has 69 heavy (non-hydrogen) atoms. The number of aliphatic imine (C=N–C) groups is 2. The molecule has 0 saturated carbocycles. The number of anilines is 3. The zero-order chi connectivity index (χ0) is 48.2. The van der Waals surface area contributed by atoms with Gasteiger partial charge in [-0.25, -0.2) is 4.79 Å². The molecule has 9 rings (SSSR count). The first kappa shape index (κ1) is 46.1. The second-order valence-corrected chi connectivity index (χ2v) is 16.8. The van der Waals surface area contributed by atoms with Crippen LogP contribution in [0, 0.1) is 0 Å². The lowest BCUT2D eigenvalue weighted by molar-refractivity contribution is -0.198. The van der Waals surface area contributed by atoms with Gasteiger partial charge in [0.05, 0.1) is 51.1 Å². The topological polar surface area (TPSA) is 178 Å². The minimum absolute atomic E-state index is 0.00865. The number of nitrogens with zero attached hydrogens (tertiary/aromatic N) is 6. The lowest BCUT2D eigenvalue weighted by atomic mass is 10.1. The summed E-state index contributed by atoms with van der Waals surface area (Å²) in [5, 5.41) is 0.515. The Kier molecular flexibility index (Phi) is 13.4. The van der Waals surface area contributed by atoms with E-state index in [2.05, 4.69) is 4.99 Å². The average Bonchev–Trinajstić information content (AvgIpc) is 4.04. The van der Waals surface area contributed by atoms with Gasteiger partial charge in [0, 0.05) is 68.7 Å². The predicted molar refractivity (Wildman–Crippen MR) is 256 cm³/mol. The highest BCUT2D eigenvalue weighted by molar-refractivity contribution is 6.15. The molecule has 1 fully saturated rings. The summed E-state index contributed by atoms with van der Waals surface area (Å²) in [6.45, 7) is 7.18. The fraction of sp³-hybridized carbons (Fsp3) is 0.288. The third-order valence-corrected chi connectivity index (χ3v) is 12.4. The van der Waals surface area contributed by atoms with Gasteiger partial charge in [-0.05, 0) is 76.7 Å². The maximum absolute atomic E-state index is 14.0. The van der Waals surface area contributed by atoms with Gasteiger partial charge in [0.25, 0.3) is 17.7 Å². The lowest BCUT2D eigenvalue weighted by Gasteiger charge is -2.24. The van der Waals surface area contributed by atoms with Crippen LogP contribution in [0.3, 0.4) is 0 Å². The van der Waals surface area contributed by atoms with Gasteiger partial charge in [-0.1, -0.05) is 48.2 Å². The molecular weight excluding hydrogens is 885 g/mol. The van der Waals surface area contributed by atoms with Crippen LogP contribution in [0.4, 0.5) is 28.4 Å². The van der Waals surface area contributed by atoms with Crippen molar-refractivity contribution in [2.75, 3.05) is 62.3 Å². The van der Waals surface area contributed by atoms with Crippen LogP contribution in [-0.2, 0) is 50.0 Å². The molecule has 4 amide bonds. The number of fused-ring (bicyclic) bond motifs is 5. The summed E-state index contributed by atoms with van der Waals surface area (Å²) in [7, 11) is 4.89. The first-order valence-corrected chi connectivity index (χ1v) is 22.5. The second kappa shape index (κ2) is 20.0. The van der Waals surface area contributed by atoms with Crippen molar-refractivity contribution >= 4 is 71.0 Å². The number of likely N-dealkylation sites (N-methyl/N-ethyl adjacent to an activating group) is 1. The van der Waals surface area contributed by atoms with E-state index in [-0.39, 0.29) is 74.8 Å². The molecule has 5 aromatic carbocycles. The SMILES string of the molecule is [CH-]=Nc1cc(OCc2cc(COc3cc4c(cc3OC)C(=O)N3c5ccccc5C[C@H]3C=N4)cc(N(C)CCOCCC(=O)ON3C(=O)CCC3=O)c2)c(OC)cc1C(=O)N1CCc2ccccc21. The van der Waals surface area contributed by atoms with Crippen LogP contribution < -0.4 is 33.6 Å². The molecule has 0 spiro atoms. The maximum atomic E-state index is 14.0. The van der Waals surface area contributed by atoms with Crippen LogP contribution in [0.2, 0.25) is 0 Å². The van der Waals surface area contributed by atoms with Crippen LogP contribution in [0.1, 0.15) is 62.2 Å². The first-order valence-electron chi connectivity index (χ1n) is 22.5. The molecule has 4 aliphatic rings. The van der Waals surface area contributed by atoms with Crippen molar-refractivity contribution in [3.05, 3.63) is 124 Å². The maximum Gasteiger partial charge on any atom is 0.335 e. The summed E-state index contributed by atoms with van der Waals surface area (Å²) in [6, 6.07) is 27.8. The van der Waals surface area contributed by atoms with Gasteiger partial charge in [-0.2, -0.15) is 6.72 Å². The van der Waals surface area contributed by atoms with Crippen molar-refractivity contribution in [3.63, 3.8) is 0 Å². The number of amides is 4. The van der Waals surface area contributed by atoms with Crippen LogP contribution in [-0.4, -0.2) is 101 Å². The van der Waals surface area contributed by atoms with Gasteiger partial charge < -0.3 is 43.3 Å². The Morgan fingerprint density at radius 3 is 2.16 bits per heavy atom. The molecule has 0 aromatic heterocycles. The number of para-hydroxylation sites is 2. The van der Waals surface area contributed by atoms with E-state index < -0.39 is 17.8 Å². The summed E-state index contributed by atoms with van der Waals surface area (Å²) in [6.07, 6.45) is 3.07. The Labute approximate surface area is 398 Å². The summed E-state index contributed by atoms with van der Waals surface area (Å²) < 4.78 is 30.1. The number of rotatable bonds is 18. The fourth-order valence-corrected chi connectivity index (χ4v) is 8.83. The third kappa shape index (κ3) is 9.58. The molecule has 4 heterocycles. The van der Waals surface area contributed by atoms with Crippen LogP contribution in [0.25, 0.3) is 0 Å². The molecule has 17 heteroatoms. The number of methoxy groups -OCH3 is 2. The molecule has 0 radical (unpaired) electrons. The molecule has 17 nitrogen and oxygen atoms in total. The molecule has 0 unspecified atom stereocenters. The molecule has 354 valence electrons. The zero-order valence-electron chi connectivity index (χ0n) is 38.3. The van der Waals surface area contributed by atoms with Gasteiger partial charge in [0.2, 0.25) is 5.91 Å². The standard InChI is InChI=1S/C52H49N6O11/c1-53-40-27-46(44(64-3)25-38(40)51(62)56-17-15-34-9-5-7-11-42(34)56)67-30-32-21-33(23-36(22-32)55(2)18-20-66-19-16-50(61)69-58-48(59)13-14-49(58)60)31-68-47-28-41-39(26-45(47)65-4)52(63)57-37(29-54-41)24-35-10-6-8-12-43(35)57/h1,5-12,21-23,25-29,37H,13-20,24,30-31H2,2-4H3/q-1/t37-/m0/s1. The molecule has 4 aliphatic heterocycles. The van der Waals surface area contributed by atoms with Crippen molar-refractivity contribution in [1.29, 1.82) is 0 Å². The Morgan fingerprint density at radius 1 is 0.783 bits per heavy atom. The normalized spacial score (nSPS) is 15.6. The van der Waals surface area contributed by atoms with Crippen molar-refractivity contribution in [3.8, 4) is 23.0 Å². The quantitative estimate of drug-likeness (QED) is 0.0381. The van der Waals surface area contributed by atoms with Gasteiger partial charge >= 0.3 is 5.97 Å². The number of carbonyl (C=O) groups excluding carboxylic acids is 5. The van der Waals surface area contributed by atoms with E-state index in [1.165, 1.54) is 14.2 Å². The van der Waals surface area contributed by atoms with E-state index in [1.807, 2.05) is 78.7 Å². The minimum atomic E-state index is -0.748. The van der Waals surface area contributed by atoms with Gasteiger partial charge in [0.15, 0.2) is 17.2 Å². The molecule has 0 aliphatic carbocycles. The number of hydroxylamine groups is 2. The average molecular weight is 934 g/mol. The van der Waals surface area contributed by atoms with E-state index in [1.54, 1.807) is 40.3 Å². The van der Waals surface area contributed by atoms with E-state index in [0.29, 0.717) is 58.8 Å². The van der Waals surface area contributed by atoms with E-state index in [0.717, 1.165) is 45.7 Å². The van der Waals surface area contributed by atoms with Crippen molar-refractivity contribution in [2.45, 2.75) is 51.4 Å². The number of hydrogen-bond donors (Lipinski definition) is 0. The Morgan fingerprint density at radius 2 is 1.45 bits per heavy atom. The van der Waals surface area contributed by atoms with Crippen LogP contribution in [0.5, 0.6) is 23.0 Å². The van der Waals surface area contributed by atoms with Crippen LogP contribution in [0.15, 0.2) is 101 Å². The minimum Gasteiger partial charge on any atom is -0.493 e. The highest BCUT2D eigenvalue weighted by Crippen LogP contribution is 2.42. The van der Waals surface area contributed by atoms with Crippen molar-refractivity contribution in [2.24, 2.45) is 9.98 Å². The monoisotopic (exact) mass is 933 g/mol. The summed E-state index contributed by atoms with van der Waals surface area (Å²) in [5.41, 5.74) is 7.53. The number of benzene rings is 5. The Balaban J connectivity index is 0.928.